The monoisotopic (exact) mass is 378 g/mol. The maximum atomic E-state index is 11.6. The normalized spacial score (nSPS) is 13.5. The summed E-state index contributed by atoms with van der Waals surface area (Å²) in [4.78, 5) is 11.6. The van der Waals surface area contributed by atoms with Crippen LogP contribution in [0.25, 0.3) is 0 Å². The first-order valence-electron chi connectivity index (χ1n) is 9.23. The number of carbonyl (C=O) groups is 1. The Morgan fingerprint density at radius 3 is 2.12 bits per heavy atom. The molecule has 0 bridgehead atoms. The van der Waals surface area contributed by atoms with Crippen molar-refractivity contribution in [3.05, 3.63) is 0 Å². The van der Waals surface area contributed by atoms with Gasteiger partial charge < -0.3 is 24.8 Å². The Balaban J connectivity index is 3.66. The molecule has 0 spiro atoms. The standard InChI is InChI=1S/C18H39N2O4P/c1-14(2)17(21)20-13-16(25)18(5,6)24-12-11-23-10-9-22-8-7-19-15(3)4/h14-16,19H,7-13,25H2,1-6H3,(H,20,21). The number of amides is 1. The van der Waals surface area contributed by atoms with Gasteiger partial charge in [0, 0.05) is 30.7 Å². The molecule has 0 rings (SSSR count). The molecule has 0 saturated heterocycles. The average Bonchev–Trinajstić information content (AvgIpc) is 2.53. The lowest BCUT2D eigenvalue weighted by atomic mass is 10.0. The third-order valence-electron chi connectivity index (χ3n) is 3.79. The van der Waals surface area contributed by atoms with Gasteiger partial charge in [0.05, 0.1) is 38.6 Å². The van der Waals surface area contributed by atoms with Gasteiger partial charge in [-0.1, -0.05) is 27.7 Å². The Bertz CT molecular complexity index is 352. The van der Waals surface area contributed by atoms with Crippen molar-refractivity contribution in [2.24, 2.45) is 5.92 Å². The molecule has 0 aliphatic carbocycles. The second-order valence-corrected chi connectivity index (χ2v) is 8.10. The van der Waals surface area contributed by atoms with E-state index in [1.807, 2.05) is 27.7 Å². The molecular weight excluding hydrogens is 339 g/mol. The fourth-order valence-electron chi connectivity index (χ4n) is 1.87. The summed E-state index contributed by atoms with van der Waals surface area (Å²) >= 11 is 0. The molecule has 1 amide bonds. The lowest BCUT2D eigenvalue weighted by molar-refractivity contribution is -0.124. The highest BCUT2D eigenvalue weighted by Crippen LogP contribution is 2.21. The van der Waals surface area contributed by atoms with Crippen molar-refractivity contribution in [1.82, 2.24) is 10.6 Å². The van der Waals surface area contributed by atoms with Gasteiger partial charge in [0.25, 0.3) is 0 Å². The van der Waals surface area contributed by atoms with Gasteiger partial charge in [0.15, 0.2) is 0 Å². The summed E-state index contributed by atoms with van der Waals surface area (Å²) in [5.41, 5.74) is -0.218. The summed E-state index contributed by atoms with van der Waals surface area (Å²) in [6.07, 6.45) is 0. The van der Waals surface area contributed by atoms with Crippen molar-refractivity contribution in [1.29, 1.82) is 0 Å². The van der Waals surface area contributed by atoms with Gasteiger partial charge in [-0.05, 0) is 13.8 Å². The zero-order chi connectivity index (χ0) is 19.3. The minimum Gasteiger partial charge on any atom is -0.378 e. The van der Waals surface area contributed by atoms with Crippen molar-refractivity contribution in [2.45, 2.75) is 58.8 Å². The van der Waals surface area contributed by atoms with Gasteiger partial charge in [-0.25, -0.2) is 0 Å². The second kappa shape index (κ2) is 13.9. The molecule has 0 aromatic carbocycles. The van der Waals surface area contributed by atoms with Gasteiger partial charge in [-0.3, -0.25) is 4.79 Å². The maximum absolute atomic E-state index is 11.6. The van der Waals surface area contributed by atoms with Crippen LogP contribution in [0.2, 0.25) is 0 Å². The van der Waals surface area contributed by atoms with Gasteiger partial charge in [0.1, 0.15) is 0 Å². The molecule has 2 unspecified atom stereocenters. The van der Waals surface area contributed by atoms with Crippen LogP contribution in [-0.4, -0.2) is 69.3 Å². The van der Waals surface area contributed by atoms with E-state index in [2.05, 4.69) is 33.7 Å². The minimum atomic E-state index is -0.350. The largest absolute Gasteiger partial charge is 0.378 e. The number of hydrogen-bond acceptors (Lipinski definition) is 5. The van der Waals surface area contributed by atoms with Crippen LogP contribution in [0.4, 0.5) is 0 Å². The molecule has 0 aliphatic heterocycles. The van der Waals surface area contributed by atoms with E-state index in [0.29, 0.717) is 45.6 Å². The predicted molar refractivity (Wildman–Crippen MR) is 106 cm³/mol. The van der Waals surface area contributed by atoms with E-state index >= 15 is 0 Å². The van der Waals surface area contributed by atoms with Crippen LogP contribution in [0, 0.1) is 5.92 Å². The molecule has 2 N–H and O–H groups in total. The van der Waals surface area contributed by atoms with E-state index in [4.69, 9.17) is 14.2 Å². The summed E-state index contributed by atoms with van der Waals surface area (Å²) in [5, 5.41) is 6.23. The summed E-state index contributed by atoms with van der Waals surface area (Å²) in [5.74, 6) is 0.0631. The summed E-state index contributed by atoms with van der Waals surface area (Å²) in [7, 11) is 2.76. The molecule has 0 aliphatic rings. The topological polar surface area (TPSA) is 68.8 Å². The Kier molecular flexibility index (Phi) is 13.7. The summed E-state index contributed by atoms with van der Waals surface area (Å²) in [6, 6.07) is 0.486. The molecule has 0 aromatic heterocycles. The van der Waals surface area contributed by atoms with E-state index in [1.165, 1.54) is 0 Å². The zero-order valence-corrected chi connectivity index (χ0v) is 18.0. The van der Waals surface area contributed by atoms with Crippen molar-refractivity contribution in [3.63, 3.8) is 0 Å². The van der Waals surface area contributed by atoms with Crippen molar-refractivity contribution >= 4 is 15.1 Å². The van der Waals surface area contributed by atoms with Crippen LogP contribution in [0.5, 0.6) is 0 Å². The lowest BCUT2D eigenvalue weighted by Crippen LogP contribution is -2.44. The van der Waals surface area contributed by atoms with Crippen LogP contribution in [0.3, 0.4) is 0 Å². The first-order valence-corrected chi connectivity index (χ1v) is 9.89. The molecule has 6 nitrogen and oxygen atoms in total. The van der Waals surface area contributed by atoms with E-state index in [1.54, 1.807) is 0 Å². The quantitative estimate of drug-likeness (QED) is 0.336. The highest BCUT2D eigenvalue weighted by atomic mass is 31.0. The Morgan fingerprint density at radius 1 is 1.00 bits per heavy atom. The SMILES string of the molecule is CC(C)NCCOCCOCCOC(C)(C)C(P)CNC(=O)C(C)C. The van der Waals surface area contributed by atoms with Crippen LogP contribution in [0.15, 0.2) is 0 Å². The summed E-state index contributed by atoms with van der Waals surface area (Å²) < 4.78 is 16.9. The first-order chi connectivity index (χ1) is 11.7. The van der Waals surface area contributed by atoms with Crippen LogP contribution in [0.1, 0.15) is 41.5 Å². The first kappa shape index (κ1) is 24.7. The van der Waals surface area contributed by atoms with Crippen molar-refractivity contribution < 1.29 is 19.0 Å². The Morgan fingerprint density at radius 2 is 1.56 bits per heavy atom. The number of carbonyl (C=O) groups excluding carboxylic acids is 1. The minimum absolute atomic E-state index is 0.00185. The number of rotatable bonds is 15. The van der Waals surface area contributed by atoms with Crippen molar-refractivity contribution in [2.75, 3.05) is 46.1 Å². The van der Waals surface area contributed by atoms with E-state index < -0.39 is 0 Å². The summed E-state index contributed by atoms with van der Waals surface area (Å²) in [6.45, 7) is 16.4. The number of hydrogen-bond donors (Lipinski definition) is 2. The molecule has 25 heavy (non-hydrogen) atoms. The van der Waals surface area contributed by atoms with E-state index in [9.17, 15) is 4.79 Å². The Labute approximate surface area is 156 Å². The predicted octanol–water partition coefficient (Wildman–Crippen LogP) is 1.83. The maximum Gasteiger partial charge on any atom is 0.222 e. The molecule has 2 atom stereocenters. The Hall–Kier alpha value is -0.260. The van der Waals surface area contributed by atoms with E-state index in [0.717, 1.165) is 6.54 Å². The number of ether oxygens (including phenoxy) is 3. The fourth-order valence-corrected chi connectivity index (χ4v) is 2.09. The molecular formula is C18H39N2O4P. The number of nitrogens with one attached hydrogen (secondary N) is 2. The molecule has 0 heterocycles. The second-order valence-electron chi connectivity index (χ2n) is 7.29. The third-order valence-corrected chi connectivity index (χ3v) is 4.82. The van der Waals surface area contributed by atoms with Gasteiger partial charge in [-0.15, -0.1) is 9.24 Å². The van der Waals surface area contributed by atoms with Crippen LogP contribution < -0.4 is 10.6 Å². The molecule has 150 valence electrons. The highest BCUT2D eigenvalue weighted by molar-refractivity contribution is 7.17. The average molecular weight is 378 g/mol. The fraction of sp³-hybridized carbons (Fsp3) is 0.944. The smallest absolute Gasteiger partial charge is 0.222 e. The highest BCUT2D eigenvalue weighted by Gasteiger charge is 2.27. The van der Waals surface area contributed by atoms with Gasteiger partial charge in [0.2, 0.25) is 5.91 Å². The molecule has 7 heteroatoms. The van der Waals surface area contributed by atoms with Crippen LogP contribution in [-0.2, 0) is 19.0 Å². The van der Waals surface area contributed by atoms with Crippen molar-refractivity contribution in [3.8, 4) is 0 Å². The van der Waals surface area contributed by atoms with Gasteiger partial charge in [-0.2, -0.15) is 0 Å². The molecule has 0 fully saturated rings. The molecule has 0 radical (unpaired) electrons. The third kappa shape index (κ3) is 13.6. The van der Waals surface area contributed by atoms with Crippen LogP contribution >= 0.6 is 9.24 Å². The zero-order valence-electron chi connectivity index (χ0n) is 16.9. The molecule has 0 aromatic rings. The van der Waals surface area contributed by atoms with Gasteiger partial charge >= 0.3 is 0 Å². The molecule has 0 saturated carbocycles. The van der Waals surface area contributed by atoms with E-state index in [-0.39, 0.29) is 23.1 Å². The lowest BCUT2D eigenvalue weighted by Gasteiger charge is -2.32.